The lowest BCUT2D eigenvalue weighted by molar-refractivity contribution is -0.126. The van der Waals surface area contributed by atoms with E-state index in [1.165, 1.54) is 30.8 Å². The van der Waals surface area contributed by atoms with Gasteiger partial charge in [0.15, 0.2) is 12.2 Å². The molecule has 0 aliphatic carbocycles. The second-order valence-corrected chi connectivity index (χ2v) is 7.90. The molecular formula is C18H28N6O2. The van der Waals surface area contributed by atoms with Crippen molar-refractivity contribution in [3.8, 4) is 0 Å². The number of hydrogen-bond donors (Lipinski definition) is 1. The van der Waals surface area contributed by atoms with Crippen molar-refractivity contribution < 1.29 is 9.59 Å². The molecule has 142 valence electrons. The van der Waals surface area contributed by atoms with Crippen molar-refractivity contribution in [1.82, 2.24) is 24.9 Å². The van der Waals surface area contributed by atoms with E-state index in [4.69, 9.17) is 4.99 Å². The molecule has 4 aliphatic rings. The van der Waals surface area contributed by atoms with Crippen molar-refractivity contribution in [2.75, 3.05) is 33.2 Å². The molecule has 2 fully saturated rings. The van der Waals surface area contributed by atoms with E-state index in [0.717, 1.165) is 37.1 Å². The first-order valence-corrected chi connectivity index (χ1v) is 9.58. The van der Waals surface area contributed by atoms with Crippen LogP contribution in [0.25, 0.3) is 0 Å². The van der Waals surface area contributed by atoms with Gasteiger partial charge in [-0.15, -0.1) is 0 Å². The number of nitrogens with zero attached hydrogens (tertiary/aromatic N) is 5. The number of amides is 3. The van der Waals surface area contributed by atoms with Crippen LogP contribution in [-0.2, 0) is 4.79 Å². The topological polar surface area (TPSA) is 71.5 Å². The fraction of sp³-hybridized carbons (Fsp3) is 0.722. The van der Waals surface area contributed by atoms with Crippen LogP contribution in [0.5, 0.6) is 0 Å². The van der Waals surface area contributed by atoms with Crippen LogP contribution in [0.15, 0.2) is 16.9 Å². The number of hydrogen-bond acceptors (Lipinski definition) is 6. The predicted octanol–water partition coefficient (Wildman–Crippen LogP) is 0.833. The summed E-state index contributed by atoms with van der Waals surface area (Å²) < 4.78 is 0. The van der Waals surface area contributed by atoms with E-state index in [2.05, 4.69) is 22.0 Å². The average Bonchev–Trinajstić information content (AvgIpc) is 3.11. The van der Waals surface area contributed by atoms with Crippen LogP contribution >= 0.6 is 0 Å². The van der Waals surface area contributed by atoms with E-state index in [1.54, 1.807) is 7.05 Å². The van der Waals surface area contributed by atoms with Crippen LogP contribution in [-0.4, -0.2) is 82.9 Å². The van der Waals surface area contributed by atoms with Gasteiger partial charge >= 0.3 is 6.03 Å². The molecule has 0 radical (unpaired) electrons. The molecule has 8 heteroatoms. The minimum absolute atomic E-state index is 0.273. The average molecular weight is 360 g/mol. The Morgan fingerprint density at radius 1 is 1.23 bits per heavy atom. The fourth-order valence-corrected chi connectivity index (χ4v) is 4.26. The van der Waals surface area contributed by atoms with Gasteiger partial charge < -0.3 is 19.6 Å². The molecule has 4 heterocycles. The first-order chi connectivity index (χ1) is 12.5. The summed E-state index contributed by atoms with van der Waals surface area (Å²) >= 11 is 0. The molecule has 0 saturated carbocycles. The molecule has 2 unspecified atom stereocenters. The quantitative estimate of drug-likeness (QED) is 0.804. The summed E-state index contributed by atoms with van der Waals surface area (Å²) in [4.78, 5) is 37.0. The highest BCUT2D eigenvalue weighted by molar-refractivity contribution is 6.04. The monoisotopic (exact) mass is 360 g/mol. The molecule has 1 N–H and O–H groups in total. The highest BCUT2D eigenvalue weighted by Crippen LogP contribution is 2.31. The number of urea groups is 1. The fourth-order valence-electron chi connectivity index (χ4n) is 4.26. The predicted molar refractivity (Wildman–Crippen MR) is 98.1 cm³/mol. The van der Waals surface area contributed by atoms with Gasteiger partial charge in [-0.2, -0.15) is 0 Å². The Kier molecular flexibility index (Phi) is 4.38. The number of carbonyl (C=O) groups excluding carboxylic acids is 2. The van der Waals surface area contributed by atoms with E-state index >= 15 is 0 Å². The van der Waals surface area contributed by atoms with Crippen LogP contribution < -0.4 is 5.32 Å². The highest BCUT2D eigenvalue weighted by atomic mass is 16.2. The molecule has 4 aliphatic heterocycles. The van der Waals surface area contributed by atoms with E-state index in [-0.39, 0.29) is 11.9 Å². The Morgan fingerprint density at radius 2 is 1.96 bits per heavy atom. The molecule has 0 spiro atoms. The number of carbonyl (C=O) groups is 2. The Morgan fingerprint density at radius 3 is 2.69 bits per heavy atom. The summed E-state index contributed by atoms with van der Waals surface area (Å²) in [5.74, 6) is 1.37. The third-order valence-corrected chi connectivity index (χ3v) is 6.00. The lowest BCUT2D eigenvalue weighted by Gasteiger charge is -2.34. The summed E-state index contributed by atoms with van der Waals surface area (Å²) in [7, 11) is 1.68. The zero-order valence-corrected chi connectivity index (χ0v) is 15.8. The zero-order chi connectivity index (χ0) is 18.4. The number of likely N-dealkylation sites (tertiary alicyclic amines) is 1. The van der Waals surface area contributed by atoms with Gasteiger partial charge in [-0.05, 0) is 51.7 Å². The van der Waals surface area contributed by atoms with Gasteiger partial charge in [0.25, 0.3) is 5.91 Å². The second-order valence-electron chi connectivity index (χ2n) is 7.90. The summed E-state index contributed by atoms with van der Waals surface area (Å²) in [6.45, 7) is 8.74. The Hall–Kier alpha value is -2.09. The van der Waals surface area contributed by atoms with Gasteiger partial charge in [0.2, 0.25) is 5.96 Å². The maximum absolute atomic E-state index is 12.3. The molecule has 0 bridgehead atoms. The number of allylic oxidation sites excluding steroid dienone is 1. The van der Waals surface area contributed by atoms with Crippen molar-refractivity contribution in [1.29, 1.82) is 0 Å². The number of rotatable bonds is 4. The number of guanidine groups is 1. The molecular weight excluding hydrogens is 332 g/mol. The standard InChI is InChI=1S/C18H28N6O2/c1-12-5-9-22(10-6-12)7-4-8-23-13(2)11-24-14-15(19-17(23)24)21(3)18(26)20-16(14)25/h11-12,14-15H,4-10H2,1-3H3,(H,20,25,26). The van der Waals surface area contributed by atoms with Gasteiger partial charge in [-0.3, -0.25) is 10.1 Å². The number of piperidine rings is 1. The Bertz CT molecular complexity index is 667. The minimum atomic E-state index is -0.462. The van der Waals surface area contributed by atoms with Crippen LogP contribution in [0.4, 0.5) is 4.79 Å². The van der Waals surface area contributed by atoms with Crippen molar-refractivity contribution in [2.24, 2.45) is 10.9 Å². The molecule has 4 rings (SSSR count). The first kappa shape index (κ1) is 17.3. The van der Waals surface area contributed by atoms with Crippen molar-refractivity contribution in [3.63, 3.8) is 0 Å². The maximum Gasteiger partial charge on any atom is 0.325 e. The second kappa shape index (κ2) is 6.57. The van der Waals surface area contributed by atoms with Crippen LogP contribution in [0.1, 0.15) is 33.1 Å². The first-order valence-electron chi connectivity index (χ1n) is 9.58. The normalized spacial score (nSPS) is 29.6. The summed E-state index contributed by atoms with van der Waals surface area (Å²) in [5.41, 5.74) is 1.10. The van der Waals surface area contributed by atoms with E-state index in [9.17, 15) is 9.59 Å². The lowest BCUT2D eigenvalue weighted by Crippen LogP contribution is -2.62. The van der Waals surface area contributed by atoms with Gasteiger partial charge in [-0.1, -0.05) is 6.92 Å². The summed E-state index contributed by atoms with van der Waals surface area (Å²) in [6, 6.07) is -0.843. The number of imide groups is 1. The molecule has 26 heavy (non-hydrogen) atoms. The van der Waals surface area contributed by atoms with E-state index in [0.29, 0.717) is 0 Å². The van der Waals surface area contributed by atoms with Gasteiger partial charge in [0, 0.05) is 25.5 Å². The maximum atomic E-state index is 12.3. The van der Waals surface area contributed by atoms with E-state index in [1.807, 2.05) is 18.0 Å². The number of nitrogens with one attached hydrogen (secondary N) is 1. The SMILES string of the molecule is CC1=CN2C(=NC3C2C(=O)NC(=O)N3C)N1CCCN1CCC(C)CC1. The Balaban J connectivity index is 1.40. The number of aliphatic imine (C=N–C) groups is 1. The van der Waals surface area contributed by atoms with Gasteiger partial charge in [0.1, 0.15) is 0 Å². The molecule has 3 amide bonds. The molecule has 0 aromatic carbocycles. The largest absolute Gasteiger partial charge is 0.325 e. The molecule has 8 nitrogen and oxygen atoms in total. The van der Waals surface area contributed by atoms with Gasteiger partial charge in [0.05, 0.1) is 0 Å². The Labute approximate surface area is 154 Å². The number of likely N-dealkylation sites (N-methyl/N-ethyl adjacent to an activating group) is 1. The molecule has 0 aromatic rings. The lowest BCUT2D eigenvalue weighted by atomic mass is 9.99. The highest BCUT2D eigenvalue weighted by Gasteiger charge is 2.51. The van der Waals surface area contributed by atoms with Crippen LogP contribution in [0.2, 0.25) is 0 Å². The van der Waals surface area contributed by atoms with Crippen molar-refractivity contribution in [2.45, 2.75) is 45.3 Å². The van der Waals surface area contributed by atoms with Crippen LogP contribution in [0, 0.1) is 5.92 Å². The molecule has 0 aromatic heterocycles. The summed E-state index contributed by atoms with van der Waals surface area (Å²) in [5, 5.41) is 2.41. The minimum Gasteiger partial charge on any atom is -0.315 e. The smallest absolute Gasteiger partial charge is 0.315 e. The zero-order valence-electron chi connectivity index (χ0n) is 15.8. The van der Waals surface area contributed by atoms with Crippen molar-refractivity contribution in [3.05, 3.63) is 11.9 Å². The molecule has 2 saturated heterocycles. The van der Waals surface area contributed by atoms with Crippen molar-refractivity contribution >= 4 is 17.9 Å². The van der Waals surface area contributed by atoms with E-state index < -0.39 is 12.2 Å². The van der Waals surface area contributed by atoms with Gasteiger partial charge in [-0.25, -0.2) is 9.79 Å². The molecule has 2 atom stereocenters. The summed E-state index contributed by atoms with van der Waals surface area (Å²) in [6.07, 6.45) is 5.18. The third kappa shape index (κ3) is 2.86. The van der Waals surface area contributed by atoms with Crippen LogP contribution in [0.3, 0.4) is 0 Å². The number of fused-ring (bicyclic) bond motifs is 3. The third-order valence-electron chi connectivity index (χ3n) is 6.00.